The van der Waals surface area contributed by atoms with Crippen LogP contribution in [0.15, 0.2) is 97.5 Å². The van der Waals surface area contributed by atoms with Crippen molar-refractivity contribution in [3.05, 3.63) is 114 Å². The van der Waals surface area contributed by atoms with Crippen LogP contribution in [0.5, 0.6) is 0 Å². The Morgan fingerprint density at radius 2 is 1.76 bits per heavy atom. The van der Waals surface area contributed by atoms with E-state index in [1.165, 1.54) is 5.56 Å². The fourth-order valence-electron chi connectivity index (χ4n) is 3.23. The van der Waals surface area contributed by atoms with Gasteiger partial charge >= 0.3 is 0 Å². The highest BCUT2D eigenvalue weighted by molar-refractivity contribution is 5.94. The van der Waals surface area contributed by atoms with Gasteiger partial charge < -0.3 is 4.90 Å². The summed E-state index contributed by atoms with van der Waals surface area (Å²) in [5.41, 5.74) is 3.58. The highest BCUT2D eigenvalue weighted by Crippen LogP contribution is 2.14. The van der Waals surface area contributed by atoms with Gasteiger partial charge in [0.05, 0.1) is 17.9 Å². The van der Waals surface area contributed by atoms with E-state index in [1.807, 2.05) is 77.8 Å². The second-order valence-electron chi connectivity index (χ2n) is 6.78. The molecule has 144 valence electrons. The maximum Gasteiger partial charge on any atom is 0.254 e. The Morgan fingerprint density at radius 3 is 2.52 bits per heavy atom. The third-order valence-corrected chi connectivity index (χ3v) is 4.74. The van der Waals surface area contributed by atoms with Crippen LogP contribution in [0.1, 0.15) is 21.6 Å². The molecule has 0 unspecified atom stereocenters. The second-order valence-corrected chi connectivity index (χ2v) is 6.78. The van der Waals surface area contributed by atoms with Crippen molar-refractivity contribution in [2.45, 2.75) is 13.0 Å². The van der Waals surface area contributed by atoms with E-state index in [-0.39, 0.29) is 5.91 Å². The van der Waals surface area contributed by atoms with Crippen LogP contribution < -0.4 is 0 Å². The molecule has 0 aliphatic heterocycles. The number of rotatable bonds is 7. The predicted octanol–water partition coefficient (Wildman–Crippen LogP) is 4.15. The molecule has 0 saturated carbocycles. The Morgan fingerprint density at radius 1 is 0.897 bits per heavy atom. The zero-order chi connectivity index (χ0) is 19.9. The molecule has 0 bridgehead atoms. The van der Waals surface area contributed by atoms with Crippen molar-refractivity contribution >= 4 is 5.91 Å². The summed E-state index contributed by atoms with van der Waals surface area (Å²) in [7, 11) is 0. The van der Waals surface area contributed by atoms with Crippen LogP contribution >= 0.6 is 0 Å². The van der Waals surface area contributed by atoms with Crippen LogP contribution in [-0.4, -0.2) is 32.1 Å². The van der Waals surface area contributed by atoms with Crippen LogP contribution in [0, 0.1) is 0 Å². The van der Waals surface area contributed by atoms with E-state index in [4.69, 9.17) is 0 Å². The first-order valence-corrected chi connectivity index (χ1v) is 9.63. The molecule has 2 aromatic carbocycles. The summed E-state index contributed by atoms with van der Waals surface area (Å²) < 4.78 is 1.75. The minimum atomic E-state index is -0.0133. The summed E-state index contributed by atoms with van der Waals surface area (Å²) in [6, 6.07) is 25.4. The number of hydrogen-bond acceptors (Lipinski definition) is 3. The van der Waals surface area contributed by atoms with E-state index in [2.05, 4.69) is 22.2 Å². The lowest BCUT2D eigenvalue weighted by Crippen LogP contribution is -2.33. The number of carbonyl (C=O) groups is 1. The van der Waals surface area contributed by atoms with Crippen molar-refractivity contribution in [2.24, 2.45) is 0 Å². The maximum absolute atomic E-state index is 13.4. The molecule has 0 saturated heterocycles. The van der Waals surface area contributed by atoms with Crippen molar-refractivity contribution in [2.75, 3.05) is 6.54 Å². The molecular formula is C24H22N4O. The van der Waals surface area contributed by atoms with E-state index in [0.29, 0.717) is 18.7 Å². The molecule has 2 aromatic heterocycles. The third kappa shape index (κ3) is 4.76. The first kappa shape index (κ1) is 18.6. The first-order valence-electron chi connectivity index (χ1n) is 9.63. The highest BCUT2D eigenvalue weighted by atomic mass is 16.2. The van der Waals surface area contributed by atoms with Gasteiger partial charge in [-0.3, -0.25) is 9.78 Å². The lowest BCUT2D eigenvalue weighted by molar-refractivity contribution is 0.0743. The van der Waals surface area contributed by atoms with Crippen LogP contribution in [0.3, 0.4) is 0 Å². The van der Waals surface area contributed by atoms with E-state index < -0.39 is 0 Å². The smallest absolute Gasteiger partial charge is 0.254 e. The van der Waals surface area contributed by atoms with Gasteiger partial charge in [0.15, 0.2) is 0 Å². The topological polar surface area (TPSA) is 51.0 Å². The molecule has 0 aliphatic carbocycles. The molecule has 0 N–H and O–H groups in total. The molecule has 0 fully saturated rings. The maximum atomic E-state index is 13.4. The summed E-state index contributed by atoms with van der Waals surface area (Å²) in [5.74, 6) is -0.0133. The van der Waals surface area contributed by atoms with Crippen molar-refractivity contribution < 1.29 is 4.79 Å². The lowest BCUT2D eigenvalue weighted by atomic mass is 10.1. The average Bonchev–Trinajstić information content (AvgIpc) is 3.33. The van der Waals surface area contributed by atoms with Gasteiger partial charge in [0.25, 0.3) is 5.91 Å². The summed E-state index contributed by atoms with van der Waals surface area (Å²) in [6.07, 6.45) is 6.14. The van der Waals surface area contributed by atoms with Gasteiger partial charge in [-0.05, 0) is 48.4 Å². The number of amides is 1. The molecule has 0 spiro atoms. The average molecular weight is 382 g/mol. The van der Waals surface area contributed by atoms with E-state index >= 15 is 0 Å². The van der Waals surface area contributed by atoms with E-state index in [0.717, 1.165) is 17.8 Å². The summed E-state index contributed by atoms with van der Waals surface area (Å²) >= 11 is 0. The van der Waals surface area contributed by atoms with E-state index in [1.54, 1.807) is 17.1 Å². The first-order chi connectivity index (χ1) is 14.3. The number of hydrogen-bond donors (Lipinski definition) is 0. The number of benzene rings is 2. The minimum absolute atomic E-state index is 0.0133. The van der Waals surface area contributed by atoms with Gasteiger partial charge in [-0.1, -0.05) is 42.5 Å². The molecule has 0 aliphatic rings. The fourth-order valence-corrected chi connectivity index (χ4v) is 3.23. The summed E-state index contributed by atoms with van der Waals surface area (Å²) in [5, 5.41) is 4.26. The number of aromatic nitrogens is 3. The molecule has 0 atom stereocenters. The van der Waals surface area contributed by atoms with Crippen molar-refractivity contribution in [1.29, 1.82) is 0 Å². The predicted molar refractivity (Wildman–Crippen MR) is 113 cm³/mol. The number of carbonyl (C=O) groups excluding carboxylic acids is 1. The van der Waals surface area contributed by atoms with Crippen molar-refractivity contribution in [3.63, 3.8) is 0 Å². The Labute approximate surface area is 170 Å². The van der Waals surface area contributed by atoms with Crippen molar-refractivity contribution in [3.8, 4) is 5.69 Å². The second kappa shape index (κ2) is 8.97. The summed E-state index contributed by atoms with van der Waals surface area (Å²) in [6.45, 7) is 1.09. The van der Waals surface area contributed by atoms with Gasteiger partial charge in [-0.25, -0.2) is 4.68 Å². The van der Waals surface area contributed by atoms with Gasteiger partial charge in [-0.15, -0.1) is 0 Å². The quantitative estimate of drug-likeness (QED) is 0.482. The third-order valence-electron chi connectivity index (χ3n) is 4.74. The number of nitrogens with zero attached hydrogens (tertiary/aromatic N) is 4. The Bertz CT molecular complexity index is 1050. The minimum Gasteiger partial charge on any atom is -0.332 e. The van der Waals surface area contributed by atoms with Crippen LogP contribution in [-0.2, 0) is 13.0 Å². The summed E-state index contributed by atoms with van der Waals surface area (Å²) in [4.78, 5) is 19.6. The molecule has 5 heteroatoms. The highest BCUT2D eigenvalue weighted by Gasteiger charge is 2.17. The zero-order valence-corrected chi connectivity index (χ0v) is 16.1. The van der Waals surface area contributed by atoms with Crippen LogP contribution in [0.4, 0.5) is 0 Å². The van der Waals surface area contributed by atoms with Crippen LogP contribution in [0.25, 0.3) is 5.69 Å². The van der Waals surface area contributed by atoms with Gasteiger partial charge in [0.2, 0.25) is 0 Å². The largest absolute Gasteiger partial charge is 0.332 e. The Hall–Kier alpha value is -3.73. The lowest BCUT2D eigenvalue weighted by Gasteiger charge is -2.23. The van der Waals surface area contributed by atoms with Crippen molar-refractivity contribution in [1.82, 2.24) is 19.7 Å². The molecule has 2 heterocycles. The Kier molecular flexibility index (Phi) is 5.76. The van der Waals surface area contributed by atoms with Gasteiger partial charge in [-0.2, -0.15) is 5.10 Å². The monoisotopic (exact) mass is 382 g/mol. The van der Waals surface area contributed by atoms with Gasteiger partial charge in [0, 0.05) is 30.7 Å². The molecule has 0 radical (unpaired) electrons. The number of pyridine rings is 1. The van der Waals surface area contributed by atoms with Gasteiger partial charge in [0.1, 0.15) is 0 Å². The molecule has 4 rings (SSSR count). The normalized spacial score (nSPS) is 10.6. The fraction of sp³-hybridized carbons (Fsp3) is 0.125. The SMILES string of the molecule is O=C(c1cccc(-n2cccn2)c1)N(CCc1ccccc1)Cc1ccccn1. The van der Waals surface area contributed by atoms with Crippen LogP contribution in [0.2, 0.25) is 0 Å². The Balaban J connectivity index is 1.57. The molecule has 1 amide bonds. The van der Waals surface area contributed by atoms with E-state index in [9.17, 15) is 4.79 Å². The molecule has 29 heavy (non-hydrogen) atoms. The standard InChI is InChI=1S/C24H22N4O/c29-24(21-10-6-12-23(18-21)28-16-7-15-26-28)27(19-22-11-4-5-14-25-22)17-13-20-8-2-1-3-9-20/h1-12,14-16,18H,13,17,19H2. The molecular weight excluding hydrogens is 360 g/mol. The molecule has 4 aromatic rings. The zero-order valence-electron chi connectivity index (χ0n) is 16.1. The molecule has 5 nitrogen and oxygen atoms in total.